The maximum Gasteiger partial charge on any atom is 0.287 e. The lowest BCUT2D eigenvalue weighted by molar-refractivity contribution is 0.0903. The minimum Gasteiger partial charge on any atom is -0.486 e. The first-order valence-electron chi connectivity index (χ1n) is 11.6. The molecule has 3 aromatic rings. The van der Waals surface area contributed by atoms with Crippen molar-refractivity contribution in [2.75, 3.05) is 0 Å². The Balaban J connectivity index is 1.58. The molecular weight excluding hydrogens is 398 g/mol. The predicted octanol–water partition coefficient (Wildman–Crippen LogP) is 7.38. The van der Waals surface area contributed by atoms with Crippen molar-refractivity contribution in [3.63, 3.8) is 0 Å². The number of hydrogen-bond donors (Lipinski definition) is 1. The second-order valence-electron chi connectivity index (χ2n) is 8.69. The number of benzene rings is 2. The molecular formula is C28H35NO3. The van der Waals surface area contributed by atoms with Crippen LogP contribution < -0.4 is 10.1 Å². The first kappa shape index (κ1) is 23.6. The summed E-state index contributed by atoms with van der Waals surface area (Å²) in [6.45, 7) is 11.1. The van der Waals surface area contributed by atoms with Gasteiger partial charge in [0.1, 0.15) is 18.1 Å². The Kier molecular flexibility index (Phi) is 8.15. The van der Waals surface area contributed by atoms with Crippen LogP contribution in [0, 0.1) is 0 Å². The molecule has 32 heavy (non-hydrogen) atoms. The number of carbonyl (C=O) groups excluding carboxylic acids is 1. The fourth-order valence-corrected chi connectivity index (χ4v) is 3.62. The smallest absolute Gasteiger partial charge is 0.287 e. The van der Waals surface area contributed by atoms with Gasteiger partial charge in [0.25, 0.3) is 5.91 Å². The first-order valence-corrected chi connectivity index (χ1v) is 11.6. The zero-order valence-electron chi connectivity index (χ0n) is 19.9. The van der Waals surface area contributed by atoms with Gasteiger partial charge in [-0.2, -0.15) is 0 Å². The molecule has 0 bridgehead atoms. The summed E-state index contributed by atoms with van der Waals surface area (Å²) < 4.78 is 11.5. The van der Waals surface area contributed by atoms with Gasteiger partial charge >= 0.3 is 0 Å². The molecule has 1 N–H and O–H groups in total. The molecule has 170 valence electrons. The fourth-order valence-electron chi connectivity index (χ4n) is 3.62. The second kappa shape index (κ2) is 11.0. The molecule has 1 amide bonds. The summed E-state index contributed by atoms with van der Waals surface area (Å²) in [4.78, 5) is 12.8. The maximum atomic E-state index is 12.8. The molecule has 0 saturated heterocycles. The standard InChI is InChI=1S/C28H35NO3/c1-6-20(5)22-8-10-23(11-9-22)26(7-2)29-28(30)27-17-16-25(32-27)18-31-24-14-12-21(13-15-24)19(3)4/h8-17,19-20,26H,6-7,18H2,1-5H3,(H,29,30). The highest BCUT2D eigenvalue weighted by molar-refractivity contribution is 5.91. The quantitative estimate of drug-likeness (QED) is 0.363. The molecule has 0 saturated carbocycles. The minimum atomic E-state index is -0.213. The van der Waals surface area contributed by atoms with Crippen molar-refractivity contribution in [1.82, 2.24) is 5.32 Å². The fraction of sp³-hybridized carbons (Fsp3) is 0.393. The summed E-state index contributed by atoms with van der Waals surface area (Å²) >= 11 is 0. The highest BCUT2D eigenvalue weighted by atomic mass is 16.5. The van der Waals surface area contributed by atoms with Crippen LogP contribution in [0.2, 0.25) is 0 Å². The SMILES string of the molecule is CCC(C)c1ccc(C(CC)NC(=O)c2ccc(COc3ccc(C(C)C)cc3)o2)cc1. The Morgan fingerprint density at radius 1 is 0.844 bits per heavy atom. The van der Waals surface area contributed by atoms with Gasteiger partial charge in [0.2, 0.25) is 0 Å². The van der Waals surface area contributed by atoms with E-state index in [1.165, 1.54) is 11.1 Å². The Morgan fingerprint density at radius 2 is 1.47 bits per heavy atom. The third-order valence-corrected chi connectivity index (χ3v) is 6.05. The van der Waals surface area contributed by atoms with Crippen LogP contribution in [0.25, 0.3) is 0 Å². The normalized spacial score (nSPS) is 13.1. The summed E-state index contributed by atoms with van der Waals surface area (Å²) in [5.74, 6) is 2.51. The van der Waals surface area contributed by atoms with E-state index in [9.17, 15) is 4.79 Å². The van der Waals surface area contributed by atoms with Crippen molar-refractivity contribution >= 4 is 5.91 Å². The molecule has 3 rings (SSSR count). The molecule has 1 heterocycles. The highest BCUT2D eigenvalue weighted by Crippen LogP contribution is 2.24. The van der Waals surface area contributed by atoms with Crippen LogP contribution in [0.4, 0.5) is 0 Å². The number of amides is 1. The largest absolute Gasteiger partial charge is 0.486 e. The number of furan rings is 1. The van der Waals surface area contributed by atoms with Crippen molar-refractivity contribution in [2.24, 2.45) is 0 Å². The minimum absolute atomic E-state index is 0.0576. The van der Waals surface area contributed by atoms with E-state index in [1.54, 1.807) is 12.1 Å². The van der Waals surface area contributed by atoms with Crippen LogP contribution in [0.15, 0.2) is 65.1 Å². The number of hydrogen-bond acceptors (Lipinski definition) is 3. The van der Waals surface area contributed by atoms with Crippen LogP contribution in [-0.2, 0) is 6.61 Å². The molecule has 0 aliphatic rings. The van der Waals surface area contributed by atoms with Gasteiger partial charge in [-0.15, -0.1) is 0 Å². The van der Waals surface area contributed by atoms with E-state index >= 15 is 0 Å². The predicted molar refractivity (Wildman–Crippen MR) is 129 cm³/mol. The maximum absolute atomic E-state index is 12.8. The van der Waals surface area contributed by atoms with Gasteiger partial charge in [-0.05, 0) is 65.6 Å². The lowest BCUT2D eigenvalue weighted by atomic mass is 9.95. The van der Waals surface area contributed by atoms with E-state index < -0.39 is 0 Å². The second-order valence-corrected chi connectivity index (χ2v) is 8.69. The average molecular weight is 434 g/mol. The Bertz CT molecular complexity index is 986. The molecule has 2 atom stereocenters. The van der Waals surface area contributed by atoms with Crippen molar-refractivity contribution in [3.8, 4) is 5.75 Å². The van der Waals surface area contributed by atoms with Gasteiger partial charge in [0.05, 0.1) is 6.04 Å². The molecule has 2 unspecified atom stereocenters. The molecule has 4 heteroatoms. The number of ether oxygens (including phenoxy) is 1. The monoisotopic (exact) mass is 433 g/mol. The van der Waals surface area contributed by atoms with E-state index in [1.807, 2.05) is 12.1 Å². The number of carbonyl (C=O) groups is 1. The van der Waals surface area contributed by atoms with Gasteiger partial charge in [-0.25, -0.2) is 0 Å². The van der Waals surface area contributed by atoms with Crippen LogP contribution in [0.1, 0.15) is 98.3 Å². The van der Waals surface area contributed by atoms with Crippen LogP contribution in [0.3, 0.4) is 0 Å². The van der Waals surface area contributed by atoms with Crippen molar-refractivity contribution in [1.29, 1.82) is 0 Å². The molecule has 1 aromatic heterocycles. The number of nitrogens with one attached hydrogen (secondary N) is 1. The van der Waals surface area contributed by atoms with Crippen LogP contribution in [-0.4, -0.2) is 5.91 Å². The van der Waals surface area contributed by atoms with Crippen molar-refractivity contribution < 1.29 is 13.9 Å². The zero-order valence-corrected chi connectivity index (χ0v) is 19.9. The molecule has 0 fully saturated rings. The zero-order chi connectivity index (χ0) is 23.1. The molecule has 0 spiro atoms. The van der Waals surface area contributed by atoms with Crippen molar-refractivity contribution in [3.05, 3.63) is 88.9 Å². The molecule has 4 nitrogen and oxygen atoms in total. The third-order valence-electron chi connectivity index (χ3n) is 6.05. The van der Waals surface area contributed by atoms with Crippen LogP contribution in [0.5, 0.6) is 5.75 Å². The van der Waals surface area contributed by atoms with Gasteiger partial charge in [-0.1, -0.05) is 71.0 Å². The lowest BCUT2D eigenvalue weighted by Gasteiger charge is -2.18. The van der Waals surface area contributed by atoms with Gasteiger partial charge in [-0.3, -0.25) is 4.79 Å². The topological polar surface area (TPSA) is 51.5 Å². The van der Waals surface area contributed by atoms with Gasteiger partial charge < -0.3 is 14.5 Å². The average Bonchev–Trinajstić information content (AvgIpc) is 3.30. The Morgan fingerprint density at radius 3 is 2.06 bits per heavy atom. The molecule has 0 aliphatic carbocycles. The van der Waals surface area contributed by atoms with E-state index in [0.29, 0.717) is 23.4 Å². The Labute approximate surface area is 192 Å². The van der Waals surface area contributed by atoms with E-state index in [-0.39, 0.29) is 18.6 Å². The van der Waals surface area contributed by atoms with Crippen molar-refractivity contribution in [2.45, 2.75) is 71.9 Å². The van der Waals surface area contributed by atoms with Gasteiger partial charge in [0.15, 0.2) is 5.76 Å². The lowest BCUT2D eigenvalue weighted by Crippen LogP contribution is -2.27. The van der Waals surface area contributed by atoms with E-state index in [0.717, 1.165) is 24.2 Å². The summed E-state index contributed by atoms with van der Waals surface area (Å²) in [6.07, 6.45) is 1.92. The van der Waals surface area contributed by atoms with E-state index in [4.69, 9.17) is 9.15 Å². The summed E-state index contributed by atoms with van der Waals surface area (Å²) in [5, 5.41) is 3.09. The molecule has 0 aliphatic heterocycles. The van der Waals surface area contributed by atoms with Crippen LogP contribution >= 0.6 is 0 Å². The number of rotatable bonds is 10. The summed E-state index contributed by atoms with van der Waals surface area (Å²) in [7, 11) is 0. The summed E-state index contributed by atoms with van der Waals surface area (Å²) in [5.41, 5.74) is 3.70. The van der Waals surface area contributed by atoms with E-state index in [2.05, 4.69) is 76.3 Å². The Hall–Kier alpha value is -3.01. The van der Waals surface area contributed by atoms with Gasteiger partial charge in [0, 0.05) is 0 Å². The summed E-state index contributed by atoms with van der Waals surface area (Å²) in [6, 6.07) is 20.1. The first-order chi connectivity index (χ1) is 15.4. The highest BCUT2D eigenvalue weighted by Gasteiger charge is 2.17. The molecule has 0 radical (unpaired) electrons. The molecule has 2 aromatic carbocycles. The third kappa shape index (κ3) is 6.03.